The molecule has 28 heavy (non-hydrogen) atoms. The molecule has 0 spiro atoms. The summed E-state index contributed by atoms with van der Waals surface area (Å²) in [5, 5.41) is 9.83. The van der Waals surface area contributed by atoms with E-state index in [1.54, 1.807) is 4.90 Å². The second-order valence-corrected chi connectivity index (χ2v) is 9.36. The van der Waals surface area contributed by atoms with Crippen molar-refractivity contribution in [3.8, 4) is 11.8 Å². The Balaban J connectivity index is 2.10. The van der Waals surface area contributed by atoms with Gasteiger partial charge in [-0.15, -0.1) is 0 Å². The third kappa shape index (κ3) is 5.51. The number of ether oxygens (including phenoxy) is 1. The minimum Gasteiger partial charge on any atom is -0.481 e. The van der Waals surface area contributed by atoms with Gasteiger partial charge in [-0.05, 0) is 70.7 Å². The Morgan fingerprint density at radius 3 is 2.21 bits per heavy atom. The first kappa shape index (κ1) is 22.3. The number of aliphatic carboxylic acids is 1. The van der Waals surface area contributed by atoms with Gasteiger partial charge in [0.25, 0.3) is 0 Å². The summed E-state index contributed by atoms with van der Waals surface area (Å²) in [5.41, 5.74) is 1.56. The van der Waals surface area contributed by atoms with Gasteiger partial charge in [0, 0.05) is 29.5 Å². The molecule has 1 aromatic rings. The van der Waals surface area contributed by atoms with Crippen molar-refractivity contribution in [3.63, 3.8) is 0 Å². The van der Waals surface area contributed by atoms with Gasteiger partial charge in [-0.3, -0.25) is 4.79 Å². The van der Waals surface area contributed by atoms with Crippen LogP contribution in [0.3, 0.4) is 0 Å². The summed E-state index contributed by atoms with van der Waals surface area (Å²) in [4.78, 5) is 25.8. The molecule has 0 saturated carbocycles. The Labute approximate surface area is 175 Å². The monoisotopic (exact) mass is 449 g/mol. The van der Waals surface area contributed by atoms with E-state index in [1.807, 2.05) is 46.8 Å². The molecule has 152 valence electrons. The first-order valence-corrected chi connectivity index (χ1v) is 10.2. The second kappa shape index (κ2) is 8.57. The smallest absolute Gasteiger partial charge is 0.410 e. The van der Waals surface area contributed by atoms with Gasteiger partial charge in [-0.1, -0.05) is 27.8 Å². The molecule has 1 amide bonds. The number of carbonyl (C=O) groups is 2. The van der Waals surface area contributed by atoms with Crippen LogP contribution in [0.4, 0.5) is 4.79 Å². The number of amides is 1. The fourth-order valence-electron chi connectivity index (χ4n) is 3.32. The molecule has 1 aliphatic rings. The largest absolute Gasteiger partial charge is 0.481 e. The molecule has 1 N–H and O–H groups in total. The van der Waals surface area contributed by atoms with Gasteiger partial charge in [0.15, 0.2) is 0 Å². The fraction of sp³-hybridized carbons (Fsp3) is 0.545. The van der Waals surface area contributed by atoms with Crippen LogP contribution < -0.4 is 0 Å². The van der Waals surface area contributed by atoms with Crippen molar-refractivity contribution < 1.29 is 19.4 Å². The van der Waals surface area contributed by atoms with E-state index in [0.29, 0.717) is 25.9 Å². The zero-order chi connectivity index (χ0) is 21.1. The molecular formula is C22H28BrNO4. The number of benzene rings is 1. The highest BCUT2D eigenvalue weighted by atomic mass is 79.9. The first-order valence-electron chi connectivity index (χ1n) is 9.40. The highest BCUT2D eigenvalue weighted by Gasteiger charge is 2.42. The van der Waals surface area contributed by atoms with Crippen LogP contribution in [0.25, 0.3) is 0 Å². The number of hydrogen-bond acceptors (Lipinski definition) is 3. The maximum absolute atomic E-state index is 12.2. The van der Waals surface area contributed by atoms with Crippen LogP contribution >= 0.6 is 15.9 Å². The zero-order valence-electron chi connectivity index (χ0n) is 17.2. The molecule has 0 radical (unpaired) electrons. The number of likely N-dealkylation sites (tertiary alicyclic amines) is 1. The Hall–Kier alpha value is -2.00. The van der Waals surface area contributed by atoms with Crippen molar-refractivity contribution in [1.29, 1.82) is 0 Å². The van der Waals surface area contributed by atoms with Crippen LogP contribution in [0, 0.1) is 31.1 Å². The van der Waals surface area contributed by atoms with Crippen molar-refractivity contribution in [2.45, 2.75) is 59.5 Å². The number of nitrogens with zero attached hydrogens (tertiary/aromatic N) is 1. The van der Waals surface area contributed by atoms with Crippen LogP contribution in [-0.4, -0.2) is 40.8 Å². The van der Waals surface area contributed by atoms with E-state index in [1.165, 1.54) is 0 Å². The molecule has 0 aromatic heterocycles. The predicted molar refractivity (Wildman–Crippen MR) is 112 cm³/mol. The van der Waals surface area contributed by atoms with Crippen molar-refractivity contribution in [1.82, 2.24) is 4.90 Å². The van der Waals surface area contributed by atoms with Crippen LogP contribution in [-0.2, 0) is 9.53 Å². The standard InChI is InChI=1S/C22H28BrNO4/c1-15-13-17(23)14-16(2)18(15)7-6-8-22(19(25)26)9-11-24(12-10-22)20(27)28-21(3,4)5/h13-14H,8-12H2,1-5H3,(H,25,26). The van der Waals surface area contributed by atoms with E-state index < -0.39 is 23.1 Å². The van der Waals surface area contributed by atoms with E-state index in [4.69, 9.17) is 4.74 Å². The molecule has 1 fully saturated rings. The number of aryl methyl sites for hydroxylation is 2. The predicted octanol–water partition coefficient (Wildman–Crippen LogP) is 4.91. The molecule has 1 heterocycles. The van der Waals surface area contributed by atoms with E-state index >= 15 is 0 Å². The average Bonchev–Trinajstić information content (AvgIpc) is 2.56. The summed E-state index contributed by atoms with van der Waals surface area (Å²) >= 11 is 3.47. The number of hydrogen-bond donors (Lipinski definition) is 1. The highest BCUT2D eigenvalue weighted by molar-refractivity contribution is 9.10. The lowest BCUT2D eigenvalue weighted by Gasteiger charge is -2.38. The van der Waals surface area contributed by atoms with Gasteiger partial charge in [0.1, 0.15) is 5.60 Å². The van der Waals surface area contributed by atoms with Gasteiger partial charge in [0.2, 0.25) is 0 Å². The van der Waals surface area contributed by atoms with Gasteiger partial charge in [-0.25, -0.2) is 4.79 Å². The van der Waals surface area contributed by atoms with Gasteiger partial charge in [0.05, 0.1) is 5.41 Å². The van der Waals surface area contributed by atoms with Gasteiger partial charge >= 0.3 is 12.1 Å². The zero-order valence-corrected chi connectivity index (χ0v) is 18.8. The maximum Gasteiger partial charge on any atom is 0.410 e. The van der Waals surface area contributed by atoms with Crippen LogP contribution in [0.5, 0.6) is 0 Å². The minimum absolute atomic E-state index is 0.263. The summed E-state index contributed by atoms with van der Waals surface area (Å²) in [6.45, 7) is 10.2. The Morgan fingerprint density at radius 1 is 1.21 bits per heavy atom. The third-order valence-corrected chi connectivity index (χ3v) is 5.42. The molecule has 1 saturated heterocycles. The number of halogens is 1. The van der Waals surface area contributed by atoms with Crippen molar-refractivity contribution in [2.75, 3.05) is 13.1 Å². The average molecular weight is 450 g/mol. The van der Waals surface area contributed by atoms with Crippen molar-refractivity contribution >= 4 is 28.0 Å². The topological polar surface area (TPSA) is 66.8 Å². The quantitative estimate of drug-likeness (QED) is 0.651. The number of carboxylic acids is 1. The van der Waals surface area contributed by atoms with E-state index in [2.05, 4.69) is 27.8 Å². The Morgan fingerprint density at radius 2 is 1.75 bits per heavy atom. The van der Waals surface area contributed by atoms with Crippen LogP contribution in [0.2, 0.25) is 0 Å². The third-order valence-electron chi connectivity index (χ3n) is 4.96. The number of rotatable bonds is 2. The van der Waals surface area contributed by atoms with Gasteiger partial charge < -0.3 is 14.7 Å². The summed E-state index contributed by atoms with van der Waals surface area (Å²) in [6.07, 6.45) is 0.612. The molecule has 0 unspecified atom stereocenters. The lowest BCUT2D eigenvalue weighted by Crippen LogP contribution is -2.47. The lowest BCUT2D eigenvalue weighted by atomic mass is 9.76. The summed E-state index contributed by atoms with van der Waals surface area (Å²) in [5.74, 6) is 5.41. The molecule has 2 rings (SSSR count). The SMILES string of the molecule is Cc1cc(Br)cc(C)c1C#CCC1(C(=O)O)CCN(C(=O)OC(C)(C)C)CC1. The van der Waals surface area contributed by atoms with Crippen LogP contribution in [0.1, 0.15) is 56.7 Å². The summed E-state index contributed by atoms with van der Waals surface area (Å²) in [7, 11) is 0. The Bertz CT molecular complexity index is 798. The fourth-order valence-corrected chi connectivity index (χ4v) is 4.01. The summed E-state index contributed by atoms with van der Waals surface area (Å²) < 4.78 is 6.39. The van der Waals surface area contributed by atoms with Crippen molar-refractivity contribution in [3.05, 3.63) is 33.3 Å². The normalized spacial score (nSPS) is 16.1. The van der Waals surface area contributed by atoms with E-state index in [-0.39, 0.29) is 6.42 Å². The molecular weight excluding hydrogens is 422 g/mol. The molecule has 6 heteroatoms. The number of carboxylic acid groups (broad SMARTS) is 1. The van der Waals surface area contributed by atoms with Gasteiger partial charge in [-0.2, -0.15) is 0 Å². The van der Waals surface area contributed by atoms with E-state index in [9.17, 15) is 14.7 Å². The first-order chi connectivity index (χ1) is 12.9. The second-order valence-electron chi connectivity index (χ2n) is 8.45. The molecule has 0 bridgehead atoms. The summed E-state index contributed by atoms with van der Waals surface area (Å²) in [6, 6.07) is 4.01. The van der Waals surface area contributed by atoms with E-state index in [0.717, 1.165) is 21.2 Å². The number of piperidine rings is 1. The lowest BCUT2D eigenvalue weighted by molar-refractivity contribution is -0.151. The number of carbonyl (C=O) groups excluding carboxylic acids is 1. The molecule has 5 nitrogen and oxygen atoms in total. The maximum atomic E-state index is 12.2. The molecule has 0 aliphatic carbocycles. The molecule has 1 aliphatic heterocycles. The minimum atomic E-state index is -0.928. The molecule has 1 aromatic carbocycles. The molecule has 0 atom stereocenters. The van der Waals surface area contributed by atoms with Crippen molar-refractivity contribution in [2.24, 2.45) is 5.41 Å². The van der Waals surface area contributed by atoms with Crippen LogP contribution in [0.15, 0.2) is 16.6 Å². The highest BCUT2D eigenvalue weighted by Crippen LogP contribution is 2.35. The Kier molecular flexibility index (Phi) is 6.82.